The summed E-state index contributed by atoms with van der Waals surface area (Å²) in [6.07, 6.45) is 11.0. The molecule has 1 aliphatic rings. The molecule has 1 fully saturated rings. The smallest absolute Gasteiger partial charge is 0.123 e. The van der Waals surface area contributed by atoms with Crippen LogP contribution in [0.3, 0.4) is 0 Å². The van der Waals surface area contributed by atoms with Gasteiger partial charge >= 0.3 is 0 Å². The Balaban J connectivity index is 1.36. The van der Waals surface area contributed by atoms with E-state index in [4.69, 9.17) is 0 Å². The van der Waals surface area contributed by atoms with Crippen LogP contribution < -0.4 is 0 Å². The lowest BCUT2D eigenvalue weighted by Gasteiger charge is -2.29. The van der Waals surface area contributed by atoms with Gasteiger partial charge in [0.25, 0.3) is 0 Å². The van der Waals surface area contributed by atoms with Crippen molar-refractivity contribution in [1.29, 1.82) is 0 Å². The zero-order valence-electron chi connectivity index (χ0n) is 18.0. The molecular formula is C29H31F. The molecule has 0 aromatic heterocycles. The lowest BCUT2D eigenvalue weighted by Crippen LogP contribution is -2.13. The monoisotopic (exact) mass is 398 g/mol. The summed E-state index contributed by atoms with van der Waals surface area (Å²) in [6, 6.07) is 19.6. The highest BCUT2D eigenvalue weighted by Gasteiger charge is 2.21. The molecule has 4 rings (SSSR count). The van der Waals surface area contributed by atoms with E-state index >= 15 is 0 Å². The summed E-state index contributed by atoms with van der Waals surface area (Å²) >= 11 is 0. The summed E-state index contributed by atoms with van der Waals surface area (Å²) < 4.78 is 13.3. The molecule has 0 nitrogen and oxygen atoms in total. The first kappa shape index (κ1) is 20.7. The van der Waals surface area contributed by atoms with E-state index in [0.29, 0.717) is 0 Å². The van der Waals surface area contributed by atoms with Crippen molar-refractivity contribution in [3.63, 3.8) is 0 Å². The highest BCUT2D eigenvalue weighted by atomic mass is 19.1. The molecular weight excluding hydrogens is 367 g/mol. The second kappa shape index (κ2) is 9.94. The molecule has 0 spiro atoms. The van der Waals surface area contributed by atoms with Gasteiger partial charge in [-0.1, -0.05) is 68.7 Å². The standard InChI is InChI=1S/C29H31F/c1-2-3-4-5-22-8-13-25(14-9-22)26-15-10-23(11-16-26)6-7-24-12-17-28-21-29(30)19-18-27(28)20-24/h10-12,15-22,25H,2-5,8-9,13-14H2,1H3. The third kappa shape index (κ3) is 5.31. The highest BCUT2D eigenvalue weighted by molar-refractivity contribution is 5.83. The summed E-state index contributed by atoms with van der Waals surface area (Å²) in [5, 5.41) is 1.92. The molecule has 0 saturated heterocycles. The minimum absolute atomic E-state index is 0.202. The van der Waals surface area contributed by atoms with Gasteiger partial charge in [0, 0.05) is 11.1 Å². The average Bonchev–Trinajstić information content (AvgIpc) is 2.79. The average molecular weight is 399 g/mol. The van der Waals surface area contributed by atoms with Crippen LogP contribution in [0.15, 0.2) is 60.7 Å². The van der Waals surface area contributed by atoms with Crippen LogP contribution in [0.4, 0.5) is 4.39 Å². The van der Waals surface area contributed by atoms with E-state index in [1.54, 1.807) is 6.07 Å². The van der Waals surface area contributed by atoms with Gasteiger partial charge in [-0.15, -0.1) is 0 Å². The summed E-state index contributed by atoms with van der Waals surface area (Å²) in [5.41, 5.74) is 3.48. The number of benzene rings is 3. The molecule has 1 saturated carbocycles. The molecule has 0 bridgehead atoms. The van der Waals surface area contributed by atoms with E-state index in [0.717, 1.165) is 33.7 Å². The summed E-state index contributed by atoms with van der Waals surface area (Å²) in [4.78, 5) is 0. The zero-order valence-corrected chi connectivity index (χ0v) is 18.0. The molecule has 1 heteroatoms. The van der Waals surface area contributed by atoms with Gasteiger partial charge in [0.1, 0.15) is 5.82 Å². The zero-order chi connectivity index (χ0) is 20.8. The fourth-order valence-corrected chi connectivity index (χ4v) is 4.74. The highest BCUT2D eigenvalue weighted by Crippen LogP contribution is 2.37. The van der Waals surface area contributed by atoms with Crippen LogP contribution in [-0.4, -0.2) is 0 Å². The van der Waals surface area contributed by atoms with Crippen molar-refractivity contribution in [3.8, 4) is 11.8 Å². The molecule has 1 aliphatic carbocycles. The Morgan fingerprint density at radius 3 is 2.20 bits per heavy atom. The Hall–Kier alpha value is -2.59. The SMILES string of the molecule is CCCCCC1CCC(c2ccc(C#Cc3ccc4cc(F)ccc4c3)cc2)CC1. The Morgan fingerprint density at radius 2 is 1.43 bits per heavy atom. The van der Waals surface area contributed by atoms with Gasteiger partial charge in [0.2, 0.25) is 0 Å². The van der Waals surface area contributed by atoms with E-state index in [1.165, 1.54) is 63.0 Å². The minimum atomic E-state index is -0.202. The van der Waals surface area contributed by atoms with Crippen molar-refractivity contribution in [3.05, 3.63) is 83.2 Å². The maximum Gasteiger partial charge on any atom is 0.123 e. The predicted octanol–water partition coefficient (Wildman–Crippen LogP) is 8.23. The second-order valence-electron chi connectivity index (χ2n) is 8.79. The molecule has 0 N–H and O–H groups in total. The van der Waals surface area contributed by atoms with Crippen LogP contribution in [0.2, 0.25) is 0 Å². The Morgan fingerprint density at radius 1 is 0.767 bits per heavy atom. The fourth-order valence-electron chi connectivity index (χ4n) is 4.74. The van der Waals surface area contributed by atoms with E-state index in [2.05, 4.69) is 43.0 Å². The van der Waals surface area contributed by atoms with Crippen molar-refractivity contribution in [2.75, 3.05) is 0 Å². The van der Waals surface area contributed by atoms with Crippen molar-refractivity contribution < 1.29 is 4.39 Å². The van der Waals surface area contributed by atoms with Gasteiger partial charge in [-0.25, -0.2) is 4.39 Å². The molecule has 0 heterocycles. The van der Waals surface area contributed by atoms with E-state index in [9.17, 15) is 4.39 Å². The first-order valence-corrected chi connectivity index (χ1v) is 11.5. The van der Waals surface area contributed by atoms with Gasteiger partial charge in [-0.3, -0.25) is 0 Å². The van der Waals surface area contributed by atoms with E-state index < -0.39 is 0 Å². The molecule has 0 atom stereocenters. The second-order valence-corrected chi connectivity index (χ2v) is 8.79. The first-order chi connectivity index (χ1) is 14.7. The van der Waals surface area contributed by atoms with Crippen LogP contribution in [0.25, 0.3) is 10.8 Å². The number of halogens is 1. The topological polar surface area (TPSA) is 0 Å². The fraction of sp³-hybridized carbons (Fsp3) is 0.379. The van der Waals surface area contributed by atoms with E-state index in [-0.39, 0.29) is 5.82 Å². The summed E-state index contributed by atoms with van der Waals surface area (Å²) in [7, 11) is 0. The van der Waals surface area contributed by atoms with Gasteiger partial charge in [-0.2, -0.15) is 0 Å². The van der Waals surface area contributed by atoms with Crippen LogP contribution >= 0.6 is 0 Å². The van der Waals surface area contributed by atoms with Gasteiger partial charge in [0.15, 0.2) is 0 Å². The van der Waals surface area contributed by atoms with Gasteiger partial charge in [-0.05, 0) is 90.3 Å². The summed E-state index contributed by atoms with van der Waals surface area (Å²) in [5.74, 6) is 8.00. The van der Waals surface area contributed by atoms with Crippen LogP contribution in [0.5, 0.6) is 0 Å². The molecule has 154 valence electrons. The number of hydrogen-bond donors (Lipinski definition) is 0. The lowest BCUT2D eigenvalue weighted by molar-refractivity contribution is 0.303. The largest absolute Gasteiger partial charge is 0.207 e. The maximum absolute atomic E-state index is 13.3. The Kier molecular flexibility index (Phi) is 6.85. The van der Waals surface area contributed by atoms with Crippen molar-refractivity contribution >= 4 is 10.8 Å². The number of fused-ring (bicyclic) bond motifs is 1. The van der Waals surface area contributed by atoms with Crippen molar-refractivity contribution in [2.24, 2.45) is 5.92 Å². The number of hydrogen-bond acceptors (Lipinski definition) is 0. The predicted molar refractivity (Wildman–Crippen MR) is 125 cm³/mol. The molecule has 0 unspecified atom stereocenters. The molecule has 30 heavy (non-hydrogen) atoms. The van der Waals surface area contributed by atoms with Crippen molar-refractivity contribution in [2.45, 2.75) is 64.2 Å². The minimum Gasteiger partial charge on any atom is -0.207 e. The van der Waals surface area contributed by atoms with Crippen molar-refractivity contribution in [1.82, 2.24) is 0 Å². The first-order valence-electron chi connectivity index (χ1n) is 11.5. The molecule has 0 aliphatic heterocycles. The number of rotatable bonds is 5. The molecule has 0 radical (unpaired) electrons. The van der Waals surface area contributed by atoms with Crippen LogP contribution in [0.1, 0.15) is 80.9 Å². The molecule has 0 amide bonds. The quantitative estimate of drug-likeness (QED) is 0.300. The van der Waals surface area contributed by atoms with Gasteiger partial charge < -0.3 is 0 Å². The maximum atomic E-state index is 13.3. The number of unbranched alkanes of at least 4 members (excludes halogenated alkanes) is 2. The Bertz CT molecular complexity index is 1030. The third-order valence-corrected chi connectivity index (χ3v) is 6.60. The third-order valence-electron chi connectivity index (χ3n) is 6.60. The van der Waals surface area contributed by atoms with Crippen LogP contribution in [0, 0.1) is 23.6 Å². The molecule has 3 aromatic carbocycles. The van der Waals surface area contributed by atoms with E-state index in [1.807, 2.05) is 24.3 Å². The Labute approximate surface area is 180 Å². The van der Waals surface area contributed by atoms with Crippen LogP contribution in [-0.2, 0) is 0 Å². The lowest BCUT2D eigenvalue weighted by atomic mass is 9.77. The normalized spacial score (nSPS) is 18.7. The summed E-state index contributed by atoms with van der Waals surface area (Å²) in [6.45, 7) is 2.29. The van der Waals surface area contributed by atoms with Gasteiger partial charge in [0.05, 0.1) is 0 Å². The molecule has 3 aromatic rings.